The average molecular weight is 488 g/mol. The molecule has 0 fully saturated rings. The molecule has 2 heterocycles. The number of H-pyrrole nitrogens is 1. The molecular weight excluding hydrogens is 469 g/mol. The van der Waals surface area contributed by atoms with Gasteiger partial charge in [0.25, 0.3) is 0 Å². The lowest BCUT2D eigenvalue weighted by Crippen LogP contribution is -2.11. The molecule has 0 unspecified atom stereocenters. The van der Waals surface area contributed by atoms with Crippen molar-refractivity contribution in [2.75, 3.05) is 17.2 Å². The summed E-state index contributed by atoms with van der Waals surface area (Å²) in [5, 5.41) is 0.406. The fourth-order valence-electron chi connectivity index (χ4n) is 3.38. The number of rotatable bonds is 6. The van der Waals surface area contributed by atoms with Crippen molar-refractivity contribution in [2.24, 2.45) is 0 Å². The number of carbonyl (C=O) groups excluding carboxylic acids is 1. The van der Waals surface area contributed by atoms with E-state index in [1.54, 1.807) is 18.2 Å². The van der Waals surface area contributed by atoms with Crippen LogP contribution in [-0.2, 0) is 19.9 Å². The van der Waals surface area contributed by atoms with Crippen LogP contribution in [-0.4, -0.2) is 45.1 Å². The summed E-state index contributed by atoms with van der Waals surface area (Å²) < 4.78 is 63.4. The fourth-order valence-corrected chi connectivity index (χ4v) is 4.60. The maximum absolute atomic E-state index is 14.5. The van der Waals surface area contributed by atoms with Gasteiger partial charge in [0.2, 0.25) is 10.0 Å². The van der Waals surface area contributed by atoms with E-state index in [1.807, 2.05) is 0 Å². The molecule has 0 aliphatic carbocycles. The van der Waals surface area contributed by atoms with Crippen LogP contribution in [0.3, 0.4) is 0 Å². The SMILES string of the molecule is CS(=O)(=O)Nc1ccc(F)c(C(=O)c2c[nH]c3ncc(-c4cccc(S(C)(=O)=O)c4)cc23)c1. The highest BCUT2D eigenvalue weighted by atomic mass is 32.2. The van der Waals surface area contributed by atoms with Gasteiger partial charge in [0.1, 0.15) is 11.5 Å². The third-order valence-electron chi connectivity index (χ3n) is 4.89. The van der Waals surface area contributed by atoms with Crippen molar-refractivity contribution in [3.8, 4) is 11.1 Å². The lowest BCUT2D eigenvalue weighted by molar-refractivity contribution is 0.103. The number of nitrogens with one attached hydrogen (secondary N) is 2. The zero-order valence-corrected chi connectivity index (χ0v) is 19.1. The molecular formula is C22H18FN3O5S2. The van der Waals surface area contributed by atoms with E-state index in [1.165, 1.54) is 30.6 Å². The van der Waals surface area contributed by atoms with E-state index in [4.69, 9.17) is 0 Å². The predicted octanol–water partition coefficient (Wildman–Crippen LogP) is 3.38. The van der Waals surface area contributed by atoms with E-state index in [-0.39, 0.29) is 21.7 Å². The van der Waals surface area contributed by atoms with E-state index in [9.17, 15) is 26.0 Å². The first-order valence-corrected chi connectivity index (χ1v) is 13.3. The average Bonchev–Trinajstić information content (AvgIpc) is 3.16. The third-order valence-corrected chi connectivity index (χ3v) is 6.60. The van der Waals surface area contributed by atoms with E-state index in [2.05, 4.69) is 14.7 Å². The number of ketones is 1. The Morgan fingerprint density at radius 2 is 1.73 bits per heavy atom. The maximum Gasteiger partial charge on any atom is 0.229 e. The summed E-state index contributed by atoms with van der Waals surface area (Å²) >= 11 is 0. The molecule has 8 nitrogen and oxygen atoms in total. The molecule has 170 valence electrons. The number of hydrogen-bond donors (Lipinski definition) is 2. The molecule has 4 aromatic rings. The number of halogens is 1. The Kier molecular flexibility index (Phi) is 5.54. The molecule has 0 spiro atoms. The first-order chi connectivity index (χ1) is 15.4. The van der Waals surface area contributed by atoms with Crippen LogP contribution in [0.4, 0.5) is 10.1 Å². The number of fused-ring (bicyclic) bond motifs is 1. The second-order valence-corrected chi connectivity index (χ2v) is 11.3. The molecule has 0 saturated heterocycles. The Labute approximate surface area is 189 Å². The van der Waals surface area contributed by atoms with E-state index < -0.39 is 31.5 Å². The van der Waals surface area contributed by atoms with Crippen LogP contribution in [0.5, 0.6) is 0 Å². The van der Waals surface area contributed by atoms with Gasteiger partial charge in [-0.25, -0.2) is 26.2 Å². The van der Waals surface area contributed by atoms with Crippen molar-refractivity contribution < 1.29 is 26.0 Å². The van der Waals surface area contributed by atoms with Crippen molar-refractivity contribution >= 4 is 42.4 Å². The number of aromatic nitrogens is 2. The molecule has 33 heavy (non-hydrogen) atoms. The van der Waals surface area contributed by atoms with Crippen LogP contribution >= 0.6 is 0 Å². The molecule has 4 rings (SSSR count). The Hall–Kier alpha value is -3.57. The Bertz CT molecular complexity index is 1630. The van der Waals surface area contributed by atoms with Gasteiger partial charge < -0.3 is 4.98 Å². The minimum atomic E-state index is -3.61. The normalized spacial score (nSPS) is 12.1. The standard InChI is InChI=1S/C22H18FN3O5S2/c1-32(28,29)16-5-3-4-13(8-16)14-9-17-19(12-25-22(17)24-11-14)21(27)18-10-15(6-7-20(18)23)26-33(2,30)31/h3-12,26H,1-2H3,(H,24,25). The number of sulfonamides is 1. The quantitative estimate of drug-likeness (QED) is 0.402. The van der Waals surface area contributed by atoms with Gasteiger partial charge in [-0.2, -0.15) is 0 Å². The molecule has 2 aromatic heterocycles. The van der Waals surface area contributed by atoms with Crippen LogP contribution in [0, 0.1) is 5.82 Å². The summed E-state index contributed by atoms with van der Waals surface area (Å²) in [4.78, 5) is 20.4. The van der Waals surface area contributed by atoms with Gasteiger partial charge >= 0.3 is 0 Å². The van der Waals surface area contributed by atoms with E-state index in [0.717, 1.165) is 24.6 Å². The molecule has 11 heteroatoms. The second-order valence-electron chi connectivity index (χ2n) is 7.52. The highest BCUT2D eigenvalue weighted by Crippen LogP contribution is 2.28. The van der Waals surface area contributed by atoms with Crippen LogP contribution in [0.25, 0.3) is 22.2 Å². The van der Waals surface area contributed by atoms with E-state index in [0.29, 0.717) is 22.2 Å². The number of pyridine rings is 1. The molecule has 0 saturated carbocycles. The second kappa shape index (κ2) is 8.09. The van der Waals surface area contributed by atoms with E-state index >= 15 is 0 Å². The highest BCUT2D eigenvalue weighted by Gasteiger charge is 2.20. The van der Waals surface area contributed by atoms with Gasteiger partial charge in [-0.1, -0.05) is 12.1 Å². The van der Waals surface area contributed by atoms with Crippen LogP contribution in [0.1, 0.15) is 15.9 Å². The summed E-state index contributed by atoms with van der Waals surface area (Å²) in [5.41, 5.74) is 1.40. The summed E-state index contributed by atoms with van der Waals surface area (Å²) in [7, 11) is -7.03. The fraction of sp³-hybridized carbons (Fsp3) is 0.0909. The predicted molar refractivity (Wildman–Crippen MR) is 123 cm³/mol. The number of benzene rings is 2. The zero-order valence-electron chi connectivity index (χ0n) is 17.5. The smallest absolute Gasteiger partial charge is 0.229 e. The molecule has 0 bridgehead atoms. The van der Waals surface area contributed by atoms with Gasteiger partial charge in [0.05, 0.1) is 16.7 Å². The lowest BCUT2D eigenvalue weighted by Gasteiger charge is -2.08. The molecule has 0 aliphatic heterocycles. The molecule has 0 atom stereocenters. The number of nitrogens with zero attached hydrogens (tertiary/aromatic N) is 1. The lowest BCUT2D eigenvalue weighted by atomic mass is 10.0. The van der Waals surface area contributed by atoms with Crippen molar-refractivity contribution in [2.45, 2.75) is 4.90 Å². The third kappa shape index (κ3) is 4.78. The van der Waals surface area contributed by atoms with Gasteiger partial charge in [-0.3, -0.25) is 9.52 Å². The summed E-state index contributed by atoms with van der Waals surface area (Å²) in [6, 6.07) is 11.3. The van der Waals surface area contributed by atoms with Crippen molar-refractivity contribution in [1.82, 2.24) is 9.97 Å². The number of aromatic amines is 1. The van der Waals surface area contributed by atoms with Crippen molar-refractivity contribution in [3.63, 3.8) is 0 Å². The van der Waals surface area contributed by atoms with Crippen LogP contribution < -0.4 is 4.72 Å². The molecule has 2 N–H and O–H groups in total. The van der Waals surface area contributed by atoms with Gasteiger partial charge in [0, 0.05) is 40.8 Å². The molecule has 0 amide bonds. The Morgan fingerprint density at radius 3 is 2.42 bits per heavy atom. The van der Waals surface area contributed by atoms with Crippen LogP contribution in [0.2, 0.25) is 0 Å². The highest BCUT2D eigenvalue weighted by molar-refractivity contribution is 7.92. The number of sulfone groups is 1. The first kappa shape index (κ1) is 22.6. The molecule has 0 aliphatic rings. The van der Waals surface area contributed by atoms with Crippen molar-refractivity contribution in [3.05, 3.63) is 77.9 Å². The first-order valence-electron chi connectivity index (χ1n) is 9.52. The van der Waals surface area contributed by atoms with Gasteiger partial charge in [-0.05, 0) is 42.0 Å². The largest absolute Gasteiger partial charge is 0.345 e. The topological polar surface area (TPSA) is 126 Å². The molecule has 0 radical (unpaired) electrons. The number of anilines is 1. The Balaban J connectivity index is 1.79. The van der Waals surface area contributed by atoms with Gasteiger partial charge in [0.15, 0.2) is 15.6 Å². The number of carbonyl (C=O) groups is 1. The maximum atomic E-state index is 14.5. The monoisotopic (exact) mass is 487 g/mol. The summed E-state index contributed by atoms with van der Waals surface area (Å²) in [5.74, 6) is -1.47. The number of hydrogen-bond acceptors (Lipinski definition) is 6. The summed E-state index contributed by atoms with van der Waals surface area (Å²) in [6.45, 7) is 0. The Morgan fingerprint density at radius 1 is 0.970 bits per heavy atom. The zero-order chi connectivity index (χ0) is 24.0. The minimum Gasteiger partial charge on any atom is -0.345 e. The van der Waals surface area contributed by atoms with Crippen LogP contribution in [0.15, 0.2) is 65.8 Å². The summed E-state index contributed by atoms with van der Waals surface area (Å²) in [6.07, 6.45) is 4.99. The van der Waals surface area contributed by atoms with Gasteiger partial charge in [-0.15, -0.1) is 0 Å². The minimum absolute atomic E-state index is 0.0542. The van der Waals surface area contributed by atoms with Crippen molar-refractivity contribution in [1.29, 1.82) is 0 Å². The molecule has 2 aromatic carbocycles.